The van der Waals surface area contributed by atoms with Crippen molar-refractivity contribution in [2.45, 2.75) is 39.5 Å². The Hall–Kier alpha value is -3.14. The fourth-order valence-corrected chi connectivity index (χ4v) is 2.74. The van der Waals surface area contributed by atoms with Crippen LogP contribution in [0.1, 0.15) is 45.2 Å². The predicted molar refractivity (Wildman–Crippen MR) is 111 cm³/mol. The smallest absolute Gasteiger partial charge is 0.338 e. The number of carbonyl (C=O) groups excluding carboxylic acids is 2. The molecular formula is C24H26O4. The van der Waals surface area contributed by atoms with E-state index in [2.05, 4.69) is 27.0 Å². The van der Waals surface area contributed by atoms with Crippen LogP contribution < -0.4 is 9.47 Å². The molecule has 0 amide bonds. The summed E-state index contributed by atoms with van der Waals surface area (Å²) in [5.41, 5.74) is 2.66. The average Bonchev–Trinajstić information content (AvgIpc) is 2.68. The maximum Gasteiger partial charge on any atom is 0.338 e. The molecule has 0 spiro atoms. The van der Waals surface area contributed by atoms with Crippen LogP contribution >= 0.6 is 0 Å². The number of carbonyl (C=O) groups is 2. The predicted octanol–water partition coefficient (Wildman–Crippen LogP) is 5.37. The lowest BCUT2D eigenvalue weighted by Gasteiger charge is -2.30. The topological polar surface area (TPSA) is 52.6 Å². The second-order valence-electron chi connectivity index (χ2n) is 7.07. The van der Waals surface area contributed by atoms with E-state index >= 15 is 0 Å². The summed E-state index contributed by atoms with van der Waals surface area (Å²) in [7, 11) is 0. The van der Waals surface area contributed by atoms with Gasteiger partial charge >= 0.3 is 11.9 Å². The van der Waals surface area contributed by atoms with Gasteiger partial charge in [-0.1, -0.05) is 51.3 Å². The lowest BCUT2D eigenvalue weighted by Crippen LogP contribution is -2.22. The van der Waals surface area contributed by atoms with E-state index in [1.807, 2.05) is 24.3 Å². The fraction of sp³-hybridized carbons (Fsp3) is 0.250. The standard InChI is InChI=1S/C24H26O4/c1-7-24(6,18-8-12-20(13-9-18)27-22(25)16(2)3)19-10-14-21(15-11-19)28-23(26)17(4)5/h8-15H,2,4,7H2,1,3,5-6H3. The third kappa shape index (κ3) is 4.77. The highest BCUT2D eigenvalue weighted by Gasteiger charge is 2.27. The fourth-order valence-electron chi connectivity index (χ4n) is 2.74. The van der Waals surface area contributed by atoms with Crippen molar-refractivity contribution in [1.82, 2.24) is 0 Å². The van der Waals surface area contributed by atoms with Crippen molar-refractivity contribution in [2.24, 2.45) is 0 Å². The van der Waals surface area contributed by atoms with Gasteiger partial charge in [-0.05, 0) is 55.7 Å². The molecule has 0 aliphatic heterocycles. The van der Waals surface area contributed by atoms with Crippen LogP contribution in [0.5, 0.6) is 11.5 Å². The molecule has 2 aromatic carbocycles. The lowest BCUT2D eigenvalue weighted by atomic mass is 9.74. The van der Waals surface area contributed by atoms with E-state index < -0.39 is 11.9 Å². The summed E-state index contributed by atoms with van der Waals surface area (Å²) in [5.74, 6) is 0.0892. The Balaban J connectivity index is 2.24. The first-order chi connectivity index (χ1) is 13.2. The molecule has 0 aliphatic rings. The first-order valence-corrected chi connectivity index (χ1v) is 9.14. The largest absolute Gasteiger partial charge is 0.423 e. The third-order valence-corrected chi connectivity index (χ3v) is 4.81. The second kappa shape index (κ2) is 8.70. The minimum Gasteiger partial charge on any atom is -0.423 e. The highest BCUT2D eigenvalue weighted by atomic mass is 16.5. The highest BCUT2D eigenvalue weighted by molar-refractivity contribution is 5.89. The molecule has 0 fully saturated rings. The summed E-state index contributed by atoms with van der Waals surface area (Å²) in [6.07, 6.45) is 0.864. The van der Waals surface area contributed by atoms with E-state index in [1.54, 1.807) is 38.1 Å². The monoisotopic (exact) mass is 378 g/mol. The molecule has 0 saturated heterocycles. The minimum atomic E-state index is -0.439. The van der Waals surface area contributed by atoms with Gasteiger partial charge in [0, 0.05) is 16.6 Å². The van der Waals surface area contributed by atoms with Gasteiger partial charge in [0.2, 0.25) is 0 Å². The molecule has 2 aromatic rings. The molecule has 4 heteroatoms. The molecule has 0 bridgehead atoms. The molecule has 0 heterocycles. The molecule has 0 radical (unpaired) electrons. The third-order valence-electron chi connectivity index (χ3n) is 4.81. The molecule has 4 nitrogen and oxygen atoms in total. The van der Waals surface area contributed by atoms with Crippen molar-refractivity contribution in [2.75, 3.05) is 0 Å². The van der Waals surface area contributed by atoms with E-state index in [0.29, 0.717) is 22.6 Å². The lowest BCUT2D eigenvalue weighted by molar-refractivity contribution is -0.130. The summed E-state index contributed by atoms with van der Waals surface area (Å²) >= 11 is 0. The first kappa shape index (κ1) is 21.2. The molecule has 28 heavy (non-hydrogen) atoms. The Kier molecular flexibility index (Phi) is 6.57. The van der Waals surface area contributed by atoms with Crippen molar-refractivity contribution >= 4 is 11.9 Å². The zero-order valence-electron chi connectivity index (χ0n) is 16.9. The molecule has 146 valence electrons. The molecule has 0 saturated carbocycles. The van der Waals surface area contributed by atoms with Crippen molar-refractivity contribution < 1.29 is 19.1 Å². The summed E-state index contributed by atoms with van der Waals surface area (Å²) in [4.78, 5) is 23.3. The Morgan fingerprint density at radius 3 is 1.36 bits per heavy atom. The molecule has 0 N–H and O–H groups in total. The SMILES string of the molecule is C=C(C)C(=O)Oc1ccc(C(C)(CC)c2ccc(OC(=O)C(=C)C)cc2)cc1. The molecule has 2 rings (SSSR count). The quantitative estimate of drug-likeness (QED) is 0.369. The van der Waals surface area contributed by atoms with E-state index in [0.717, 1.165) is 17.5 Å². The number of hydrogen-bond acceptors (Lipinski definition) is 4. The number of benzene rings is 2. The van der Waals surface area contributed by atoms with Crippen LogP contribution in [0.4, 0.5) is 0 Å². The highest BCUT2D eigenvalue weighted by Crippen LogP contribution is 2.36. The molecule has 0 aliphatic carbocycles. The van der Waals surface area contributed by atoms with Crippen LogP contribution in [0.25, 0.3) is 0 Å². The average molecular weight is 378 g/mol. The number of rotatable bonds is 7. The Morgan fingerprint density at radius 2 is 1.11 bits per heavy atom. The van der Waals surface area contributed by atoms with E-state index in [4.69, 9.17) is 9.47 Å². The summed E-state index contributed by atoms with van der Waals surface area (Å²) in [5, 5.41) is 0. The van der Waals surface area contributed by atoms with Crippen LogP contribution in [0.2, 0.25) is 0 Å². The molecular weight excluding hydrogens is 352 g/mol. The normalized spacial score (nSPS) is 10.9. The first-order valence-electron chi connectivity index (χ1n) is 9.14. The summed E-state index contributed by atoms with van der Waals surface area (Å²) in [6.45, 7) is 14.7. The maximum atomic E-state index is 11.7. The van der Waals surface area contributed by atoms with E-state index in [1.165, 1.54) is 0 Å². The van der Waals surface area contributed by atoms with E-state index in [-0.39, 0.29) is 5.41 Å². The van der Waals surface area contributed by atoms with Crippen LogP contribution in [-0.2, 0) is 15.0 Å². The minimum absolute atomic E-state index is 0.242. The van der Waals surface area contributed by atoms with Crippen molar-refractivity contribution in [3.8, 4) is 11.5 Å². The van der Waals surface area contributed by atoms with Crippen molar-refractivity contribution in [3.05, 3.63) is 84.0 Å². The zero-order chi connectivity index (χ0) is 20.9. The molecule has 0 unspecified atom stereocenters. The Labute approximate surface area is 166 Å². The Morgan fingerprint density at radius 1 is 0.786 bits per heavy atom. The van der Waals surface area contributed by atoms with Crippen molar-refractivity contribution in [3.63, 3.8) is 0 Å². The van der Waals surface area contributed by atoms with Gasteiger partial charge in [-0.3, -0.25) is 0 Å². The van der Waals surface area contributed by atoms with Gasteiger partial charge in [0.1, 0.15) is 11.5 Å². The maximum absolute atomic E-state index is 11.7. The van der Waals surface area contributed by atoms with E-state index in [9.17, 15) is 9.59 Å². The van der Waals surface area contributed by atoms with Gasteiger partial charge in [-0.25, -0.2) is 9.59 Å². The van der Waals surface area contributed by atoms with Gasteiger partial charge in [-0.2, -0.15) is 0 Å². The number of ether oxygens (including phenoxy) is 2. The molecule has 0 atom stereocenters. The van der Waals surface area contributed by atoms with Gasteiger partial charge < -0.3 is 9.47 Å². The van der Waals surface area contributed by atoms with Crippen LogP contribution in [0.3, 0.4) is 0 Å². The van der Waals surface area contributed by atoms with Crippen LogP contribution in [-0.4, -0.2) is 11.9 Å². The second-order valence-corrected chi connectivity index (χ2v) is 7.07. The number of hydrogen-bond donors (Lipinski definition) is 0. The van der Waals surface area contributed by atoms with Crippen LogP contribution in [0, 0.1) is 0 Å². The van der Waals surface area contributed by atoms with Gasteiger partial charge in [0.15, 0.2) is 0 Å². The Bertz CT molecular complexity index is 818. The van der Waals surface area contributed by atoms with Gasteiger partial charge in [-0.15, -0.1) is 0 Å². The van der Waals surface area contributed by atoms with Gasteiger partial charge in [0.25, 0.3) is 0 Å². The zero-order valence-corrected chi connectivity index (χ0v) is 16.9. The van der Waals surface area contributed by atoms with Gasteiger partial charge in [0.05, 0.1) is 0 Å². The summed E-state index contributed by atoms with van der Waals surface area (Å²) < 4.78 is 10.5. The van der Waals surface area contributed by atoms with Crippen LogP contribution in [0.15, 0.2) is 72.8 Å². The van der Waals surface area contributed by atoms with Crippen molar-refractivity contribution in [1.29, 1.82) is 0 Å². The summed E-state index contributed by atoms with van der Waals surface area (Å²) in [6, 6.07) is 15.0. The number of esters is 2. The molecule has 0 aromatic heterocycles.